The van der Waals surface area contributed by atoms with Gasteiger partial charge in [-0.15, -0.1) is 0 Å². The number of benzene rings is 2. The fourth-order valence-corrected chi connectivity index (χ4v) is 2.14. The molecule has 0 atom stereocenters. The van der Waals surface area contributed by atoms with E-state index in [1.165, 1.54) is 21.9 Å². The zero-order valence-electron chi connectivity index (χ0n) is 11.7. The molecule has 0 bridgehead atoms. The molecule has 1 nitrogen and oxygen atoms in total. The van der Waals surface area contributed by atoms with Crippen LogP contribution in [-0.4, -0.2) is 4.98 Å². The average molecular weight is 249 g/mol. The summed E-state index contributed by atoms with van der Waals surface area (Å²) in [5.74, 6) is 0. The number of aromatic nitrogens is 1. The summed E-state index contributed by atoms with van der Waals surface area (Å²) in [6.45, 7) is 6.11. The van der Waals surface area contributed by atoms with Gasteiger partial charge in [-0.25, -0.2) is 0 Å². The number of pyridine rings is 1. The van der Waals surface area contributed by atoms with Crippen molar-refractivity contribution in [2.24, 2.45) is 0 Å². The first-order valence-corrected chi connectivity index (χ1v) is 6.75. The summed E-state index contributed by atoms with van der Waals surface area (Å²) in [6, 6.07) is 18.9. The Morgan fingerprint density at radius 3 is 2.42 bits per heavy atom. The molecule has 0 radical (unpaired) electrons. The first kappa shape index (κ1) is 13.3. The first-order valence-electron chi connectivity index (χ1n) is 6.75. The Labute approximate surface area is 114 Å². The van der Waals surface area contributed by atoms with Crippen LogP contribution >= 0.6 is 0 Å². The van der Waals surface area contributed by atoms with E-state index in [9.17, 15) is 0 Å². The molecule has 3 rings (SSSR count). The molecule has 1 heterocycles. The second-order valence-corrected chi connectivity index (χ2v) is 4.25. The van der Waals surface area contributed by atoms with Crippen molar-refractivity contribution in [1.29, 1.82) is 0 Å². The van der Waals surface area contributed by atoms with Gasteiger partial charge in [0, 0.05) is 17.1 Å². The molecule has 1 aromatic heterocycles. The van der Waals surface area contributed by atoms with E-state index in [4.69, 9.17) is 0 Å². The van der Waals surface area contributed by atoms with Crippen LogP contribution in [0, 0.1) is 6.92 Å². The van der Waals surface area contributed by atoms with Crippen LogP contribution in [0.15, 0.2) is 60.8 Å². The molecule has 0 spiro atoms. The van der Waals surface area contributed by atoms with Gasteiger partial charge < -0.3 is 0 Å². The van der Waals surface area contributed by atoms with Gasteiger partial charge in [-0.05, 0) is 24.4 Å². The van der Waals surface area contributed by atoms with E-state index in [-0.39, 0.29) is 0 Å². The van der Waals surface area contributed by atoms with E-state index in [2.05, 4.69) is 66.5 Å². The molecule has 0 N–H and O–H groups in total. The van der Waals surface area contributed by atoms with Crippen LogP contribution in [0.1, 0.15) is 19.4 Å². The van der Waals surface area contributed by atoms with Crippen molar-refractivity contribution < 1.29 is 0 Å². The maximum absolute atomic E-state index is 4.52. The van der Waals surface area contributed by atoms with Gasteiger partial charge in [0.1, 0.15) is 0 Å². The largest absolute Gasteiger partial charge is 0.256 e. The summed E-state index contributed by atoms with van der Waals surface area (Å²) in [7, 11) is 0. The van der Waals surface area contributed by atoms with Crippen LogP contribution < -0.4 is 0 Å². The molecule has 0 unspecified atom stereocenters. The van der Waals surface area contributed by atoms with Gasteiger partial charge in [-0.1, -0.05) is 61.9 Å². The highest BCUT2D eigenvalue weighted by atomic mass is 14.7. The van der Waals surface area contributed by atoms with Gasteiger partial charge in [0.25, 0.3) is 0 Å². The number of aryl methyl sites for hydroxylation is 1. The quantitative estimate of drug-likeness (QED) is 0.575. The number of nitrogens with zero attached hydrogens (tertiary/aromatic N) is 1. The summed E-state index contributed by atoms with van der Waals surface area (Å²) in [5, 5.41) is 2.44. The summed E-state index contributed by atoms with van der Waals surface area (Å²) in [4.78, 5) is 4.52. The van der Waals surface area contributed by atoms with Crippen LogP contribution in [-0.2, 0) is 0 Å². The standard InChI is InChI=1S/C16H13N.C2H6/c1-12-5-4-7-14(11-12)16-15-8-3-2-6-13(15)9-10-17-16;1-2/h2-11H,1H3;1-2H3. The Morgan fingerprint density at radius 2 is 1.63 bits per heavy atom. The summed E-state index contributed by atoms with van der Waals surface area (Å²) >= 11 is 0. The van der Waals surface area contributed by atoms with Crippen LogP contribution in [0.5, 0.6) is 0 Å². The Bertz CT molecular complexity index is 666. The van der Waals surface area contributed by atoms with Crippen LogP contribution in [0.25, 0.3) is 22.0 Å². The lowest BCUT2D eigenvalue weighted by Crippen LogP contribution is -1.86. The third-order valence-electron chi connectivity index (χ3n) is 2.97. The van der Waals surface area contributed by atoms with Crippen molar-refractivity contribution in [3.05, 3.63) is 66.4 Å². The van der Waals surface area contributed by atoms with Crippen molar-refractivity contribution >= 4 is 10.8 Å². The Kier molecular flexibility index (Phi) is 4.30. The van der Waals surface area contributed by atoms with E-state index in [1.807, 2.05) is 20.0 Å². The van der Waals surface area contributed by atoms with Gasteiger partial charge in [0.15, 0.2) is 0 Å². The maximum Gasteiger partial charge on any atom is 0.0780 e. The summed E-state index contributed by atoms with van der Waals surface area (Å²) in [5.41, 5.74) is 3.51. The van der Waals surface area contributed by atoms with Crippen molar-refractivity contribution in [3.8, 4) is 11.3 Å². The van der Waals surface area contributed by atoms with Gasteiger partial charge in [0.05, 0.1) is 5.69 Å². The van der Waals surface area contributed by atoms with E-state index in [0.717, 1.165) is 5.69 Å². The third kappa shape index (κ3) is 2.82. The SMILES string of the molecule is CC.Cc1cccc(-c2nccc3ccccc23)c1. The molecule has 96 valence electrons. The number of rotatable bonds is 1. The molecule has 0 saturated heterocycles. The fourth-order valence-electron chi connectivity index (χ4n) is 2.14. The highest BCUT2D eigenvalue weighted by molar-refractivity contribution is 5.94. The normalized spacial score (nSPS) is 9.84. The molecule has 0 aliphatic heterocycles. The molecule has 0 aliphatic rings. The molecule has 2 aromatic carbocycles. The highest BCUT2D eigenvalue weighted by Gasteiger charge is 2.04. The monoisotopic (exact) mass is 249 g/mol. The average Bonchev–Trinajstić information content (AvgIpc) is 2.49. The van der Waals surface area contributed by atoms with Crippen molar-refractivity contribution in [2.45, 2.75) is 20.8 Å². The maximum atomic E-state index is 4.52. The second-order valence-electron chi connectivity index (χ2n) is 4.25. The first-order chi connectivity index (χ1) is 9.34. The topological polar surface area (TPSA) is 12.9 Å². The van der Waals surface area contributed by atoms with Gasteiger partial charge in [-0.3, -0.25) is 4.98 Å². The predicted molar refractivity (Wildman–Crippen MR) is 83.3 cm³/mol. The minimum Gasteiger partial charge on any atom is -0.256 e. The zero-order valence-corrected chi connectivity index (χ0v) is 11.7. The molecule has 0 aliphatic carbocycles. The van der Waals surface area contributed by atoms with Crippen molar-refractivity contribution in [1.82, 2.24) is 4.98 Å². The molecule has 3 aromatic rings. The van der Waals surface area contributed by atoms with Gasteiger partial charge in [0.2, 0.25) is 0 Å². The second kappa shape index (κ2) is 6.14. The number of hydrogen-bond acceptors (Lipinski definition) is 1. The lowest BCUT2D eigenvalue weighted by molar-refractivity contribution is 1.35. The van der Waals surface area contributed by atoms with Crippen LogP contribution in [0.2, 0.25) is 0 Å². The molecule has 0 fully saturated rings. The number of fused-ring (bicyclic) bond motifs is 1. The zero-order chi connectivity index (χ0) is 13.7. The minimum absolute atomic E-state index is 1.06. The third-order valence-corrected chi connectivity index (χ3v) is 2.97. The van der Waals surface area contributed by atoms with E-state index < -0.39 is 0 Å². The highest BCUT2D eigenvalue weighted by Crippen LogP contribution is 2.26. The summed E-state index contributed by atoms with van der Waals surface area (Å²) in [6.07, 6.45) is 1.88. The van der Waals surface area contributed by atoms with E-state index >= 15 is 0 Å². The lowest BCUT2D eigenvalue weighted by atomic mass is 10.0. The Balaban J connectivity index is 0.000000637. The molecule has 1 heteroatoms. The van der Waals surface area contributed by atoms with Crippen molar-refractivity contribution in [3.63, 3.8) is 0 Å². The smallest absolute Gasteiger partial charge is 0.0780 e. The Morgan fingerprint density at radius 1 is 0.842 bits per heavy atom. The number of hydrogen-bond donors (Lipinski definition) is 0. The van der Waals surface area contributed by atoms with E-state index in [1.54, 1.807) is 0 Å². The fraction of sp³-hybridized carbons (Fsp3) is 0.167. The molecule has 0 saturated carbocycles. The van der Waals surface area contributed by atoms with Crippen LogP contribution in [0.4, 0.5) is 0 Å². The van der Waals surface area contributed by atoms with E-state index in [0.29, 0.717) is 0 Å². The summed E-state index contributed by atoms with van der Waals surface area (Å²) < 4.78 is 0. The lowest BCUT2D eigenvalue weighted by Gasteiger charge is -2.06. The molecule has 19 heavy (non-hydrogen) atoms. The van der Waals surface area contributed by atoms with Crippen LogP contribution in [0.3, 0.4) is 0 Å². The Hall–Kier alpha value is -2.15. The van der Waals surface area contributed by atoms with Gasteiger partial charge >= 0.3 is 0 Å². The molecular weight excluding hydrogens is 230 g/mol. The molecular formula is C18H19N. The predicted octanol–water partition coefficient (Wildman–Crippen LogP) is 5.24. The van der Waals surface area contributed by atoms with Crippen molar-refractivity contribution in [2.75, 3.05) is 0 Å². The van der Waals surface area contributed by atoms with Gasteiger partial charge in [-0.2, -0.15) is 0 Å². The minimum atomic E-state index is 1.06. The molecule has 0 amide bonds.